The van der Waals surface area contributed by atoms with Gasteiger partial charge in [0.15, 0.2) is 5.11 Å². The molecule has 1 aliphatic rings. The maximum atomic E-state index is 13.1. The normalized spacial score (nSPS) is 15.2. The summed E-state index contributed by atoms with van der Waals surface area (Å²) in [5, 5.41) is 4.08. The molecule has 0 radical (unpaired) electrons. The van der Waals surface area contributed by atoms with Gasteiger partial charge in [-0.15, -0.1) is 11.3 Å². The number of nitrogens with one attached hydrogen (secondary N) is 1. The van der Waals surface area contributed by atoms with Crippen molar-refractivity contribution in [1.82, 2.24) is 9.21 Å². The number of carbonyl (C=O) groups is 1. The highest BCUT2D eigenvalue weighted by atomic mass is 32.2. The molecule has 2 heterocycles. The van der Waals surface area contributed by atoms with Crippen molar-refractivity contribution in [1.29, 1.82) is 0 Å². The minimum atomic E-state index is -3.69. The van der Waals surface area contributed by atoms with Crippen molar-refractivity contribution in [3.05, 3.63) is 46.6 Å². The van der Waals surface area contributed by atoms with Crippen LogP contribution in [0, 0.1) is 12.7 Å². The Morgan fingerprint density at radius 1 is 1.21 bits per heavy atom. The van der Waals surface area contributed by atoms with Gasteiger partial charge in [-0.25, -0.2) is 17.6 Å². The first-order valence-electron chi connectivity index (χ1n) is 8.73. The zero-order chi connectivity index (χ0) is 21.2. The number of thiocarbonyl (C=S) groups is 1. The molecule has 156 valence electrons. The Hall–Kier alpha value is -2.08. The van der Waals surface area contributed by atoms with Crippen LogP contribution in [0.1, 0.15) is 15.2 Å². The third-order valence-electron chi connectivity index (χ3n) is 4.46. The number of nitrogens with zero attached hydrogens (tertiary/aromatic N) is 2. The zero-order valence-electron chi connectivity index (χ0n) is 15.8. The summed E-state index contributed by atoms with van der Waals surface area (Å²) in [6.07, 6.45) is 0. The summed E-state index contributed by atoms with van der Waals surface area (Å²) < 4.78 is 44.6. The van der Waals surface area contributed by atoms with Gasteiger partial charge in [-0.1, -0.05) is 0 Å². The van der Waals surface area contributed by atoms with Crippen molar-refractivity contribution < 1.29 is 22.3 Å². The minimum Gasteiger partial charge on any atom is -0.465 e. The number of methoxy groups -OCH3 is 1. The van der Waals surface area contributed by atoms with E-state index in [0.717, 1.165) is 17.0 Å². The first kappa shape index (κ1) is 21.6. The molecule has 7 nitrogen and oxygen atoms in total. The van der Waals surface area contributed by atoms with Crippen LogP contribution in [0.5, 0.6) is 0 Å². The Bertz CT molecular complexity index is 1010. The van der Waals surface area contributed by atoms with Crippen molar-refractivity contribution in [2.24, 2.45) is 0 Å². The summed E-state index contributed by atoms with van der Waals surface area (Å²) in [7, 11) is -2.37. The van der Waals surface area contributed by atoms with Gasteiger partial charge in [0.25, 0.3) is 0 Å². The van der Waals surface area contributed by atoms with E-state index in [1.807, 2.05) is 11.8 Å². The van der Waals surface area contributed by atoms with Crippen molar-refractivity contribution in [3.8, 4) is 0 Å². The van der Waals surface area contributed by atoms with E-state index in [0.29, 0.717) is 28.8 Å². The SMILES string of the molecule is COC(=O)c1cc(C)sc1NC(=S)N1CCN(S(=O)(=O)c2ccc(F)cc2)CC1. The van der Waals surface area contributed by atoms with Crippen LogP contribution in [0.25, 0.3) is 0 Å². The maximum Gasteiger partial charge on any atom is 0.340 e. The van der Waals surface area contributed by atoms with Crippen LogP contribution >= 0.6 is 23.6 Å². The number of benzene rings is 1. The van der Waals surface area contributed by atoms with Gasteiger partial charge >= 0.3 is 5.97 Å². The molecular formula is C18H20FN3O4S3. The molecule has 0 saturated carbocycles. The lowest BCUT2D eigenvalue weighted by Crippen LogP contribution is -2.51. The molecule has 0 atom stereocenters. The number of hydrogen-bond donors (Lipinski definition) is 1. The Morgan fingerprint density at radius 3 is 2.41 bits per heavy atom. The molecule has 3 rings (SSSR count). The molecule has 1 N–H and O–H groups in total. The first-order valence-corrected chi connectivity index (χ1v) is 11.4. The van der Waals surface area contributed by atoms with Crippen LogP contribution in [0.3, 0.4) is 0 Å². The van der Waals surface area contributed by atoms with Gasteiger partial charge in [0, 0.05) is 31.1 Å². The number of anilines is 1. The third-order valence-corrected chi connectivity index (χ3v) is 7.70. The third kappa shape index (κ3) is 4.74. The predicted molar refractivity (Wildman–Crippen MR) is 113 cm³/mol. The number of rotatable bonds is 4. The fraction of sp³-hybridized carbons (Fsp3) is 0.333. The van der Waals surface area contributed by atoms with Crippen molar-refractivity contribution in [2.75, 3.05) is 38.6 Å². The van der Waals surface area contributed by atoms with Gasteiger partial charge in [0.05, 0.1) is 17.6 Å². The standard InChI is InChI=1S/C18H20FN3O4S3/c1-12-11-15(17(23)26-2)16(28-12)20-18(27)21-7-9-22(10-8-21)29(24,25)14-5-3-13(19)4-6-14/h3-6,11H,7-10H2,1-2H3,(H,20,27). The Kier molecular flexibility index (Phi) is 6.52. The lowest BCUT2D eigenvalue weighted by Gasteiger charge is -2.35. The minimum absolute atomic E-state index is 0.0600. The number of sulfonamides is 1. The average Bonchev–Trinajstić information content (AvgIpc) is 3.07. The monoisotopic (exact) mass is 457 g/mol. The van der Waals surface area contributed by atoms with Crippen LogP contribution in [-0.2, 0) is 14.8 Å². The summed E-state index contributed by atoms with van der Waals surface area (Å²) in [5.74, 6) is -0.935. The topological polar surface area (TPSA) is 79.0 Å². The fourth-order valence-corrected chi connectivity index (χ4v) is 5.60. The predicted octanol–water partition coefficient (Wildman–Crippen LogP) is 2.69. The number of esters is 1. The van der Waals surface area contributed by atoms with Gasteiger partial charge in [0.2, 0.25) is 10.0 Å². The molecular weight excluding hydrogens is 437 g/mol. The number of thiophene rings is 1. The van der Waals surface area contributed by atoms with E-state index >= 15 is 0 Å². The van der Waals surface area contributed by atoms with E-state index in [1.165, 1.54) is 34.9 Å². The summed E-state index contributed by atoms with van der Waals surface area (Å²) in [6.45, 7) is 3.16. The molecule has 1 aromatic carbocycles. The molecule has 1 saturated heterocycles. The van der Waals surface area contributed by atoms with Crippen molar-refractivity contribution in [3.63, 3.8) is 0 Å². The number of carbonyl (C=O) groups excluding carboxylic acids is 1. The van der Waals surface area contributed by atoms with Gasteiger partial charge in [-0.3, -0.25) is 0 Å². The van der Waals surface area contributed by atoms with Gasteiger partial charge in [-0.2, -0.15) is 4.31 Å². The lowest BCUT2D eigenvalue weighted by atomic mass is 10.3. The van der Waals surface area contributed by atoms with Crippen LogP contribution in [-0.4, -0.2) is 62.0 Å². The number of hydrogen-bond acceptors (Lipinski definition) is 6. The first-order chi connectivity index (χ1) is 13.7. The van der Waals surface area contributed by atoms with E-state index in [9.17, 15) is 17.6 Å². The maximum absolute atomic E-state index is 13.1. The van der Waals surface area contributed by atoms with Crippen molar-refractivity contribution in [2.45, 2.75) is 11.8 Å². The van der Waals surface area contributed by atoms with E-state index in [2.05, 4.69) is 5.32 Å². The number of aryl methyl sites for hydroxylation is 1. The molecule has 0 bridgehead atoms. The number of halogens is 1. The molecule has 0 spiro atoms. The van der Waals surface area contributed by atoms with Crippen LogP contribution in [0.15, 0.2) is 35.2 Å². The second kappa shape index (κ2) is 8.74. The van der Waals surface area contributed by atoms with E-state index in [-0.39, 0.29) is 18.0 Å². The molecule has 1 aliphatic heterocycles. The molecule has 1 aromatic heterocycles. The van der Waals surface area contributed by atoms with E-state index in [1.54, 1.807) is 6.07 Å². The second-order valence-electron chi connectivity index (χ2n) is 6.37. The zero-order valence-corrected chi connectivity index (χ0v) is 18.3. The molecule has 29 heavy (non-hydrogen) atoms. The average molecular weight is 458 g/mol. The summed E-state index contributed by atoms with van der Waals surface area (Å²) in [5.41, 5.74) is 0.412. The summed E-state index contributed by atoms with van der Waals surface area (Å²) in [4.78, 5) is 14.8. The largest absolute Gasteiger partial charge is 0.465 e. The smallest absolute Gasteiger partial charge is 0.340 e. The van der Waals surface area contributed by atoms with Crippen molar-refractivity contribution >= 4 is 49.7 Å². The van der Waals surface area contributed by atoms with Gasteiger partial charge in [-0.05, 0) is 49.5 Å². The highest BCUT2D eigenvalue weighted by Crippen LogP contribution is 2.28. The Balaban J connectivity index is 1.64. The summed E-state index contributed by atoms with van der Waals surface area (Å²) >= 11 is 6.84. The molecule has 0 aliphatic carbocycles. The molecule has 0 unspecified atom stereocenters. The molecule has 0 amide bonds. The Morgan fingerprint density at radius 2 is 1.83 bits per heavy atom. The van der Waals surface area contributed by atoms with Crippen LogP contribution in [0.2, 0.25) is 0 Å². The van der Waals surface area contributed by atoms with E-state index < -0.39 is 21.8 Å². The number of piperazine rings is 1. The van der Waals surface area contributed by atoms with E-state index in [4.69, 9.17) is 17.0 Å². The lowest BCUT2D eigenvalue weighted by molar-refractivity contribution is 0.0602. The molecule has 2 aromatic rings. The molecule has 1 fully saturated rings. The second-order valence-corrected chi connectivity index (χ2v) is 9.95. The highest BCUT2D eigenvalue weighted by Gasteiger charge is 2.29. The van der Waals surface area contributed by atoms with Crippen LogP contribution < -0.4 is 5.32 Å². The quantitative estimate of drug-likeness (QED) is 0.559. The van der Waals surface area contributed by atoms with Gasteiger partial charge in [0.1, 0.15) is 10.8 Å². The fourth-order valence-electron chi connectivity index (χ4n) is 2.93. The van der Waals surface area contributed by atoms with Gasteiger partial charge < -0.3 is 15.0 Å². The Labute approximate surface area is 178 Å². The number of ether oxygens (including phenoxy) is 1. The molecule has 11 heteroatoms. The summed E-state index contributed by atoms with van der Waals surface area (Å²) in [6, 6.07) is 6.51. The van der Waals surface area contributed by atoms with Crippen LogP contribution in [0.4, 0.5) is 9.39 Å². The highest BCUT2D eigenvalue weighted by molar-refractivity contribution is 7.89.